The van der Waals surface area contributed by atoms with Crippen LogP contribution in [0.25, 0.3) is 23.0 Å². The molecule has 4 aromatic rings. The lowest BCUT2D eigenvalue weighted by Crippen LogP contribution is -1.86. The molecule has 2 aromatic heterocycles. The van der Waals surface area contributed by atoms with E-state index in [2.05, 4.69) is 10.1 Å². The molecule has 2 heterocycles. The molecule has 0 saturated heterocycles. The predicted octanol–water partition coefficient (Wildman–Crippen LogP) is 5.57. The predicted molar refractivity (Wildman–Crippen MR) is 98.8 cm³/mol. The second kappa shape index (κ2) is 7.58. The zero-order valence-corrected chi connectivity index (χ0v) is 14.6. The fourth-order valence-electron chi connectivity index (χ4n) is 2.48. The first-order chi connectivity index (χ1) is 12.8. The number of nitrogens with zero attached hydrogens (tertiary/aromatic N) is 2. The lowest BCUT2D eigenvalue weighted by Gasteiger charge is -2.01. The lowest BCUT2D eigenvalue weighted by molar-refractivity contribution is 0.413. The summed E-state index contributed by atoms with van der Waals surface area (Å²) in [4.78, 5) is 4.38. The Balaban J connectivity index is 1.40. The van der Waals surface area contributed by atoms with Gasteiger partial charge in [0.05, 0.1) is 5.75 Å². The van der Waals surface area contributed by atoms with E-state index in [0.29, 0.717) is 34.5 Å². The van der Waals surface area contributed by atoms with Gasteiger partial charge in [0.1, 0.15) is 11.6 Å². The Bertz CT molecular complexity index is 998. The van der Waals surface area contributed by atoms with Crippen LogP contribution in [-0.2, 0) is 11.5 Å². The highest BCUT2D eigenvalue weighted by Gasteiger charge is 2.14. The maximum absolute atomic E-state index is 13.6. The molecule has 0 unspecified atom stereocenters. The van der Waals surface area contributed by atoms with Crippen molar-refractivity contribution in [1.29, 1.82) is 0 Å². The number of hydrogen-bond acceptors (Lipinski definition) is 5. The zero-order chi connectivity index (χ0) is 17.8. The van der Waals surface area contributed by atoms with Crippen LogP contribution < -0.4 is 0 Å². The normalized spacial score (nSPS) is 11.0. The largest absolute Gasteiger partial charge is 0.455 e. The Morgan fingerprint density at radius 3 is 2.54 bits per heavy atom. The van der Waals surface area contributed by atoms with Crippen molar-refractivity contribution in [1.82, 2.24) is 10.1 Å². The number of thioether (sulfide) groups is 1. The molecule has 0 bridgehead atoms. The highest BCUT2D eigenvalue weighted by atomic mass is 32.2. The molecular formula is C20H15FN2O2S. The monoisotopic (exact) mass is 366 g/mol. The molecule has 0 spiro atoms. The molecule has 0 fully saturated rings. The number of furan rings is 1. The Hall–Kier alpha value is -2.86. The topological polar surface area (TPSA) is 52.1 Å². The van der Waals surface area contributed by atoms with Crippen LogP contribution in [0.4, 0.5) is 4.39 Å². The van der Waals surface area contributed by atoms with Gasteiger partial charge in [0.15, 0.2) is 5.76 Å². The molecule has 0 atom stereocenters. The molecule has 130 valence electrons. The fraction of sp³-hybridized carbons (Fsp3) is 0.100. The minimum absolute atomic E-state index is 0.181. The first kappa shape index (κ1) is 16.6. The van der Waals surface area contributed by atoms with Gasteiger partial charge >= 0.3 is 0 Å². The lowest BCUT2D eigenvalue weighted by atomic mass is 10.2. The summed E-state index contributed by atoms with van der Waals surface area (Å²) in [6.45, 7) is 0. The van der Waals surface area contributed by atoms with Crippen molar-refractivity contribution in [3.63, 3.8) is 0 Å². The van der Waals surface area contributed by atoms with Crippen molar-refractivity contribution >= 4 is 11.8 Å². The highest BCUT2D eigenvalue weighted by Crippen LogP contribution is 2.26. The van der Waals surface area contributed by atoms with E-state index in [0.717, 1.165) is 11.3 Å². The van der Waals surface area contributed by atoms with E-state index in [1.807, 2.05) is 42.5 Å². The molecular weight excluding hydrogens is 351 g/mol. The average Bonchev–Trinajstić information content (AvgIpc) is 3.33. The van der Waals surface area contributed by atoms with Gasteiger partial charge in [0.2, 0.25) is 5.82 Å². The second-order valence-corrected chi connectivity index (χ2v) is 6.62. The van der Waals surface area contributed by atoms with Crippen LogP contribution in [0.15, 0.2) is 75.7 Å². The Labute approximate surface area is 154 Å². The molecule has 2 aromatic carbocycles. The summed E-state index contributed by atoms with van der Waals surface area (Å²) in [6.07, 6.45) is 0. The van der Waals surface area contributed by atoms with Gasteiger partial charge in [0.25, 0.3) is 5.89 Å². The van der Waals surface area contributed by atoms with Crippen LogP contribution in [0.3, 0.4) is 0 Å². The van der Waals surface area contributed by atoms with Crippen molar-refractivity contribution in [3.05, 3.63) is 83.9 Å². The number of rotatable bonds is 6. The fourth-order valence-corrected chi connectivity index (χ4v) is 3.39. The van der Waals surface area contributed by atoms with Crippen molar-refractivity contribution < 1.29 is 13.3 Å². The maximum Gasteiger partial charge on any atom is 0.293 e. The first-order valence-corrected chi connectivity index (χ1v) is 9.24. The summed E-state index contributed by atoms with van der Waals surface area (Å²) in [5.41, 5.74) is 1.57. The van der Waals surface area contributed by atoms with E-state index in [1.54, 1.807) is 30.0 Å². The van der Waals surface area contributed by atoms with Crippen LogP contribution in [0.2, 0.25) is 0 Å². The van der Waals surface area contributed by atoms with Gasteiger partial charge in [0, 0.05) is 11.3 Å². The third kappa shape index (κ3) is 3.70. The van der Waals surface area contributed by atoms with Gasteiger partial charge in [-0.05, 0) is 23.8 Å². The molecule has 4 nitrogen and oxygen atoms in total. The van der Waals surface area contributed by atoms with Crippen molar-refractivity contribution in [2.75, 3.05) is 0 Å². The Morgan fingerprint density at radius 1 is 0.885 bits per heavy atom. The average molecular weight is 366 g/mol. The van der Waals surface area contributed by atoms with Gasteiger partial charge in [-0.25, -0.2) is 4.39 Å². The number of aromatic nitrogens is 2. The summed E-state index contributed by atoms with van der Waals surface area (Å²) in [6, 6.07) is 20.1. The number of halogens is 1. The summed E-state index contributed by atoms with van der Waals surface area (Å²) in [5.74, 6) is 3.21. The van der Waals surface area contributed by atoms with Gasteiger partial charge in [-0.3, -0.25) is 0 Å². The molecule has 4 rings (SSSR count). The van der Waals surface area contributed by atoms with E-state index >= 15 is 0 Å². The summed E-state index contributed by atoms with van der Waals surface area (Å²) < 4.78 is 24.7. The summed E-state index contributed by atoms with van der Waals surface area (Å²) in [5, 5.41) is 3.99. The minimum Gasteiger partial charge on any atom is -0.455 e. The third-order valence-electron chi connectivity index (χ3n) is 3.79. The maximum atomic E-state index is 13.6. The molecule has 0 aliphatic rings. The molecule has 0 amide bonds. The van der Waals surface area contributed by atoms with Crippen LogP contribution in [0, 0.1) is 5.82 Å². The van der Waals surface area contributed by atoms with Gasteiger partial charge in [-0.1, -0.05) is 53.7 Å². The SMILES string of the molecule is Fc1ccccc1CSCc1ccc(-c2nc(-c3ccccc3)no2)o1. The molecule has 0 aliphatic carbocycles. The van der Waals surface area contributed by atoms with Crippen LogP contribution in [0.5, 0.6) is 0 Å². The van der Waals surface area contributed by atoms with Gasteiger partial charge in [-0.15, -0.1) is 11.8 Å². The van der Waals surface area contributed by atoms with E-state index in [9.17, 15) is 4.39 Å². The summed E-state index contributed by atoms with van der Waals surface area (Å²) >= 11 is 1.58. The summed E-state index contributed by atoms with van der Waals surface area (Å²) in [7, 11) is 0. The van der Waals surface area contributed by atoms with Gasteiger partial charge < -0.3 is 8.94 Å². The molecule has 0 saturated carbocycles. The van der Waals surface area contributed by atoms with E-state index in [4.69, 9.17) is 8.94 Å². The second-order valence-electron chi connectivity index (χ2n) is 5.64. The van der Waals surface area contributed by atoms with E-state index in [1.165, 1.54) is 6.07 Å². The molecule has 0 N–H and O–H groups in total. The molecule has 0 radical (unpaired) electrons. The van der Waals surface area contributed by atoms with Crippen LogP contribution in [0.1, 0.15) is 11.3 Å². The Morgan fingerprint density at radius 2 is 1.69 bits per heavy atom. The van der Waals surface area contributed by atoms with Gasteiger partial charge in [-0.2, -0.15) is 4.98 Å². The minimum atomic E-state index is -0.181. The quantitative estimate of drug-likeness (QED) is 0.446. The van der Waals surface area contributed by atoms with Crippen LogP contribution >= 0.6 is 11.8 Å². The van der Waals surface area contributed by atoms with Crippen molar-refractivity contribution in [2.24, 2.45) is 0 Å². The van der Waals surface area contributed by atoms with E-state index in [-0.39, 0.29) is 5.82 Å². The first-order valence-electron chi connectivity index (χ1n) is 8.09. The van der Waals surface area contributed by atoms with Crippen LogP contribution in [-0.4, -0.2) is 10.1 Å². The van der Waals surface area contributed by atoms with E-state index < -0.39 is 0 Å². The third-order valence-corrected chi connectivity index (χ3v) is 4.79. The molecule has 6 heteroatoms. The number of benzene rings is 2. The smallest absolute Gasteiger partial charge is 0.293 e. The molecule has 26 heavy (non-hydrogen) atoms. The zero-order valence-electron chi connectivity index (χ0n) is 13.8. The van der Waals surface area contributed by atoms with Crippen molar-refractivity contribution in [2.45, 2.75) is 11.5 Å². The standard InChI is InChI=1S/C20H15FN2O2S/c21-17-9-5-4-8-15(17)12-26-13-16-10-11-18(24-16)20-22-19(23-25-20)14-6-2-1-3-7-14/h1-11H,12-13H2. The van der Waals surface area contributed by atoms with Crippen molar-refractivity contribution in [3.8, 4) is 23.0 Å². The Kier molecular flexibility index (Phi) is 4.84. The molecule has 0 aliphatic heterocycles. The highest BCUT2D eigenvalue weighted by molar-refractivity contribution is 7.97. The number of hydrogen-bond donors (Lipinski definition) is 0.